The molecule has 0 fully saturated rings. The van der Waals surface area contributed by atoms with Crippen molar-refractivity contribution in [3.05, 3.63) is 59.5 Å². The second-order valence-corrected chi connectivity index (χ2v) is 6.18. The number of hydrogen-bond donors (Lipinski definition) is 2. The molecule has 3 aromatic rings. The number of aromatic nitrogens is 1. The van der Waals surface area contributed by atoms with E-state index in [-0.39, 0.29) is 5.82 Å². The normalized spacial score (nSPS) is 11.2. The van der Waals surface area contributed by atoms with E-state index in [9.17, 15) is 4.39 Å². The zero-order valence-electron chi connectivity index (χ0n) is 11.8. The summed E-state index contributed by atoms with van der Waals surface area (Å²) in [4.78, 5) is 5.50. The highest BCUT2D eigenvalue weighted by molar-refractivity contribution is 7.99. The zero-order valence-corrected chi connectivity index (χ0v) is 12.6. The van der Waals surface area contributed by atoms with Gasteiger partial charge in [0, 0.05) is 26.9 Å². The number of halogens is 1. The van der Waals surface area contributed by atoms with Crippen LogP contribution in [-0.4, -0.2) is 11.5 Å². The Labute approximate surface area is 127 Å². The molecule has 0 bridgehead atoms. The Kier molecular flexibility index (Phi) is 3.99. The third-order valence-corrected chi connectivity index (χ3v) is 4.63. The van der Waals surface area contributed by atoms with E-state index in [0.29, 0.717) is 13.0 Å². The second-order valence-electron chi connectivity index (χ2n) is 5.09. The van der Waals surface area contributed by atoms with E-state index in [1.165, 1.54) is 17.0 Å². The first-order valence-electron chi connectivity index (χ1n) is 6.91. The van der Waals surface area contributed by atoms with E-state index in [4.69, 9.17) is 5.73 Å². The number of aromatic amines is 1. The molecule has 2 nitrogen and oxygen atoms in total. The minimum absolute atomic E-state index is 0.211. The molecule has 0 atom stereocenters. The lowest BCUT2D eigenvalue weighted by Gasteiger charge is -2.08. The van der Waals surface area contributed by atoms with E-state index >= 15 is 0 Å². The van der Waals surface area contributed by atoms with Crippen molar-refractivity contribution in [3.63, 3.8) is 0 Å². The van der Waals surface area contributed by atoms with E-state index in [0.717, 1.165) is 20.9 Å². The number of rotatable bonds is 4. The van der Waals surface area contributed by atoms with Crippen LogP contribution in [0.3, 0.4) is 0 Å². The number of fused-ring (bicyclic) bond motifs is 1. The molecular formula is C17H17FN2S. The van der Waals surface area contributed by atoms with E-state index in [1.807, 2.05) is 12.3 Å². The van der Waals surface area contributed by atoms with Crippen molar-refractivity contribution in [1.82, 2.24) is 4.98 Å². The summed E-state index contributed by atoms with van der Waals surface area (Å²) in [5.74, 6) is -0.211. The molecule has 0 aliphatic heterocycles. The SMILES string of the molecule is Cc1ccc2c(Sc3ccc(F)cc3CCN)c[nH]c2c1. The largest absolute Gasteiger partial charge is 0.360 e. The molecule has 2 aromatic carbocycles. The molecule has 108 valence electrons. The van der Waals surface area contributed by atoms with Crippen LogP contribution in [0.5, 0.6) is 0 Å². The lowest BCUT2D eigenvalue weighted by atomic mass is 10.1. The Morgan fingerprint density at radius 2 is 2.00 bits per heavy atom. The minimum atomic E-state index is -0.211. The van der Waals surface area contributed by atoms with Crippen LogP contribution in [0.2, 0.25) is 0 Å². The fraction of sp³-hybridized carbons (Fsp3) is 0.176. The molecule has 0 amide bonds. The molecular weight excluding hydrogens is 283 g/mol. The lowest BCUT2D eigenvalue weighted by molar-refractivity contribution is 0.623. The third-order valence-electron chi connectivity index (χ3n) is 3.46. The maximum Gasteiger partial charge on any atom is 0.123 e. The summed E-state index contributed by atoms with van der Waals surface area (Å²) in [6.07, 6.45) is 2.69. The molecule has 0 saturated heterocycles. The van der Waals surface area contributed by atoms with Crippen LogP contribution in [0.25, 0.3) is 10.9 Å². The van der Waals surface area contributed by atoms with Gasteiger partial charge in [-0.05, 0) is 55.3 Å². The van der Waals surface area contributed by atoms with Gasteiger partial charge in [0.2, 0.25) is 0 Å². The van der Waals surface area contributed by atoms with Crippen molar-refractivity contribution in [1.29, 1.82) is 0 Å². The molecule has 0 aliphatic rings. The molecule has 0 aliphatic carbocycles. The molecule has 21 heavy (non-hydrogen) atoms. The minimum Gasteiger partial charge on any atom is -0.360 e. The highest BCUT2D eigenvalue weighted by atomic mass is 32.2. The Balaban J connectivity index is 1.98. The quantitative estimate of drug-likeness (QED) is 0.755. The van der Waals surface area contributed by atoms with Crippen LogP contribution in [0.4, 0.5) is 4.39 Å². The third kappa shape index (κ3) is 2.96. The van der Waals surface area contributed by atoms with Gasteiger partial charge in [-0.15, -0.1) is 0 Å². The first kappa shape index (κ1) is 14.2. The number of nitrogens with one attached hydrogen (secondary N) is 1. The van der Waals surface area contributed by atoms with E-state index < -0.39 is 0 Å². The maximum absolute atomic E-state index is 13.4. The highest BCUT2D eigenvalue weighted by Gasteiger charge is 2.09. The Morgan fingerprint density at radius 1 is 1.14 bits per heavy atom. The summed E-state index contributed by atoms with van der Waals surface area (Å²) >= 11 is 1.65. The van der Waals surface area contributed by atoms with Crippen LogP contribution in [0.15, 0.2) is 52.4 Å². The van der Waals surface area contributed by atoms with Gasteiger partial charge in [0.05, 0.1) is 0 Å². The van der Waals surface area contributed by atoms with E-state index in [2.05, 4.69) is 30.1 Å². The summed E-state index contributed by atoms with van der Waals surface area (Å²) in [5, 5.41) is 1.19. The van der Waals surface area contributed by atoms with Crippen LogP contribution < -0.4 is 5.73 Å². The molecule has 4 heteroatoms. The number of aryl methyl sites for hydroxylation is 1. The molecule has 1 heterocycles. The number of hydrogen-bond acceptors (Lipinski definition) is 2. The smallest absolute Gasteiger partial charge is 0.123 e. The van der Waals surface area contributed by atoms with Gasteiger partial charge in [-0.2, -0.15) is 0 Å². The maximum atomic E-state index is 13.4. The molecule has 3 N–H and O–H groups in total. The Bertz CT molecular complexity index is 780. The molecule has 0 unspecified atom stereocenters. The average Bonchev–Trinajstić information content (AvgIpc) is 2.84. The summed E-state index contributed by atoms with van der Waals surface area (Å²) in [6, 6.07) is 11.3. The summed E-state index contributed by atoms with van der Waals surface area (Å²) in [6.45, 7) is 2.59. The van der Waals surface area contributed by atoms with Crippen molar-refractivity contribution in [3.8, 4) is 0 Å². The van der Waals surface area contributed by atoms with Gasteiger partial charge in [-0.25, -0.2) is 4.39 Å². The highest BCUT2D eigenvalue weighted by Crippen LogP contribution is 2.36. The standard InChI is InChI=1S/C17H17FN2S/c1-11-2-4-14-15(8-11)20-10-17(14)21-16-5-3-13(18)9-12(16)6-7-19/h2-5,8-10,20H,6-7,19H2,1H3. The first-order valence-corrected chi connectivity index (χ1v) is 7.73. The molecule has 0 spiro atoms. The Morgan fingerprint density at radius 3 is 2.81 bits per heavy atom. The van der Waals surface area contributed by atoms with E-state index in [1.54, 1.807) is 17.8 Å². The van der Waals surface area contributed by atoms with Crippen molar-refractivity contribution in [2.75, 3.05) is 6.54 Å². The predicted molar refractivity (Wildman–Crippen MR) is 86.3 cm³/mol. The summed E-state index contributed by atoms with van der Waals surface area (Å²) < 4.78 is 13.4. The molecule has 3 rings (SSSR count). The number of H-pyrrole nitrogens is 1. The van der Waals surface area contributed by atoms with Crippen LogP contribution >= 0.6 is 11.8 Å². The van der Waals surface area contributed by atoms with Crippen molar-refractivity contribution < 1.29 is 4.39 Å². The summed E-state index contributed by atoms with van der Waals surface area (Å²) in [5.41, 5.74) is 8.94. The fourth-order valence-corrected chi connectivity index (χ4v) is 3.49. The fourth-order valence-electron chi connectivity index (χ4n) is 2.41. The predicted octanol–water partition coefficient (Wildman–Crippen LogP) is 4.27. The second kappa shape index (κ2) is 5.92. The van der Waals surface area contributed by atoms with Gasteiger partial charge in [0.15, 0.2) is 0 Å². The monoisotopic (exact) mass is 300 g/mol. The number of benzene rings is 2. The first-order chi connectivity index (χ1) is 10.2. The molecule has 0 saturated carbocycles. The topological polar surface area (TPSA) is 41.8 Å². The van der Waals surface area contributed by atoms with Crippen LogP contribution in [-0.2, 0) is 6.42 Å². The van der Waals surface area contributed by atoms with Gasteiger partial charge >= 0.3 is 0 Å². The average molecular weight is 300 g/mol. The van der Waals surface area contributed by atoms with Crippen molar-refractivity contribution in [2.45, 2.75) is 23.1 Å². The summed E-state index contributed by atoms with van der Waals surface area (Å²) in [7, 11) is 0. The van der Waals surface area contributed by atoms with Crippen molar-refractivity contribution in [2.24, 2.45) is 5.73 Å². The Hall–Kier alpha value is -1.78. The molecule has 0 radical (unpaired) electrons. The van der Waals surface area contributed by atoms with Crippen LogP contribution in [0, 0.1) is 12.7 Å². The lowest BCUT2D eigenvalue weighted by Crippen LogP contribution is -2.04. The molecule has 1 aromatic heterocycles. The van der Waals surface area contributed by atoms with Gasteiger partial charge in [-0.1, -0.05) is 23.9 Å². The zero-order chi connectivity index (χ0) is 14.8. The van der Waals surface area contributed by atoms with Gasteiger partial charge in [0.25, 0.3) is 0 Å². The van der Waals surface area contributed by atoms with Gasteiger partial charge in [0.1, 0.15) is 5.82 Å². The van der Waals surface area contributed by atoms with Crippen LogP contribution in [0.1, 0.15) is 11.1 Å². The van der Waals surface area contributed by atoms with Gasteiger partial charge in [-0.3, -0.25) is 0 Å². The van der Waals surface area contributed by atoms with Gasteiger partial charge < -0.3 is 10.7 Å². The number of nitrogens with two attached hydrogens (primary N) is 1. The van der Waals surface area contributed by atoms with Crippen molar-refractivity contribution >= 4 is 22.7 Å².